The molecule has 53 valence electrons. The Morgan fingerprint density at radius 1 is 1.60 bits per heavy atom. The van der Waals surface area contributed by atoms with Crippen LogP contribution < -0.4 is 4.74 Å². The average Bonchev–Trinajstić information content (AvgIpc) is 1.88. The lowest BCUT2D eigenvalue weighted by atomic mass is 10.3. The predicted octanol–water partition coefficient (Wildman–Crippen LogP) is 2.02. The van der Waals surface area contributed by atoms with Gasteiger partial charge in [0.15, 0.2) is 0 Å². The Balaban J connectivity index is 2.75. The van der Waals surface area contributed by atoms with Crippen LogP contribution in [0.4, 0.5) is 4.39 Å². The molecular formula is C8H8FO. The zero-order valence-corrected chi connectivity index (χ0v) is 5.73. The van der Waals surface area contributed by atoms with Crippen molar-refractivity contribution >= 4 is 0 Å². The number of ether oxygens (including phenoxy) is 1. The van der Waals surface area contributed by atoms with E-state index in [1.165, 1.54) is 6.07 Å². The molecule has 0 saturated heterocycles. The van der Waals surface area contributed by atoms with Crippen LogP contribution in [0.5, 0.6) is 5.75 Å². The van der Waals surface area contributed by atoms with E-state index in [1.54, 1.807) is 12.1 Å². The second kappa shape index (κ2) is 3.20. The third kappa shape index (κ3) is 1.72. The Morgan fingerprint density at radius 3 is 3.00 bits per heavy atom. The van der Waals surface area contributed by atoms with Crippen LogP contribution in [0.15, 0.2) is 18.2 Å². The summed E-state index contributed by atoms with van der Waals surface area (Å²) in [5.41, 5.74) is 0. The maximum atomic E-state index is 12.4. The molecule has 1 radical (unpaired) electrons. The molecular weight excluding hydrogens is 131 g/mol. The molecule has 1 aromatic carbocycles. The molecule has 0 amide bonds. The fraction of sp³-hybridized carbons (Fsp3) is 0.250. The monoisotopic (exact) mass is 139 g/mol. The summed E-state index contributed by atoms with van der Waals surface area (Å²) in [5.74, 6) is 0.0773. The molecule has 0 bridgehead atoms. The largest absolute Gasteiger partial charge is 0.493 e. The highest BCUT2D eigenvalue weighted by Gasteiger charge is 1.93. The highest BCUT2D eigenvalue weighted by molar-refractivity contribution is 5.20. The maximum Gasteiger partial charge on any atom is 0.135 e. The first-order valence-corrected chi connectivity index (χ1v) is 3.13. The van der Waals surface area contributed by atoms with Crippen molar-refractivity contribution in [2.45, 2.75) is 6.92 Å². The minimum absolute atomic E-state index is 0.383. The van der Waals surface area contributed by atoms with Gasteiger partial charge in [0.2, 0.25) is 0 Å². The Morgan fingerprint density at radius 2 is 2.40 bits per heavy atom. The van der Waals surface area contributed by atoms with Crippen molar-refractivity contribution in [2.24, 2.45) is 0 Å². The molecule has 2 heteroatoms. The van der Waals surface area contributed by atoms with Gasteiger partial charge in [-0.2, -0.15) is 0 Å². The fourth-order valence-corrected chi connectivity index (χ4v) is 0.661. The van der Waals surface area contributed by atoms with Gasteiger partial charge >= 0.3 is 0 Å². The first kappa shape index (κ1) is 7.06. The number of rotatable bonds is 2. The summed E-state index contributed by atoms with van der Waals surface area (Å²) in [6.45, 7) is 2.39. The van der Waals surface area contributed by atoms with Gasteiger partial charge in [-0.25, -0.2) is 4.39 Å². The van der Waals surface area contributed by atoms with Gasteiger partial charge in [0.05, 0.1) is 12.7 Å². The summed E-state index contributed by atoms with van der Waals surface area (Å²) in [4.78, 5) is 0. The lowest BCUT2D eigenvalue weighted by Gasteiger charge is -1.99. The van der Waals surface area contributed by atoms with E-state index in [4.69, 9.17) is 4.74 Å². The first-order chi connectivity index (χ1) is 4.83. The normalized spacial score (nSPS) is 9.40. The molecule has 10 heavy (non-hydrogen) atoms. The number of hydrogen-bond donors (Lipinski definition) is 0. The molecule has 0 fully saturated rings. The highest BCUT2D eigenvalue weighted by Crippen LogP contribution is 2.09. The number of hydrogen-bond acceptors (Lipinski definition) is 1. The number of halogens is 1. The van der Waals surface area contributed by atoms with E-state index in [0.29, 0.717) is 12.4 Å². The Bertz CT molecular complexity index is 210. The minimum Gasteiger partial charge on any atom is -0.493 e. The van der Waals surface area contributed by atoms with Crippen LogP contribution in [0.1, 0.15) is 6.92 Å². The van der Waals surface area contributed by atoms with Crippen molar-refractivity contribution in [3.05, 3.63) is 30.1 Å². The summed E-state index contributed by atoms with van der Waals surface area (Å²) in [6.07, 6.45) is 0. The van der Waals surface area contributed by atoms with E-state index >= 15 is 0 Å². The third-order valence-corrected chi connectivity index (χ3v) is 1.03. The van der Waals surface area contributed by atoms with Gasteiger partial charge in [0.1, 0.15) is 11.6 Å². The Kier molecular flexibility index (Phi) is 2.26. The van der Waals surface area contributed by atoms with Gasteiger partial charge in [0, 0.05) is 0 Å². The quantitative estimate of drug-likeness (QED) is 0.609. The molecule has 1 nitrogen and oxygen atoms in total. The lowest BCUT2D eigenvalue weighted by Crippen LogP contribution is -1.91. The van der Waals surface area contributed by atoms with Crippen molar-refractivity contribution in [3.63, 3.8) is 0 Å². The van der Waals surface area contributed by atoms with Crippen molar-refractivity contribution in [3.8, 4) is 5.75 Å². The van der Waals surface area contributed by atoms with Crippen LogP contribution in [-0.4, -0.2) is 6.61 Å². The summed E-state index contributed by atoms with van der Waals surface area (Å²) in [7, 11) is 0. The predicted molar refractivity (Wildman–Crippen MR) is 36.4 cm³/mol. The van der Waals surface area contributed by atoms with Gasteiger partial charge in [0.25, 0.3) is 0 Å². The van der Waals surface area contributed by atoms with E-state index in [1.807, 2.05) is 6.92 Å². The van der Waals surface area contributed by atoms with E-state index in [9.17, 15) is 4.39 Å². The zero-order chi connectivity index (χ0) is 7.40. The van der Waals surface area contributed by atoms with Crippen LogP contribution >= 0.6 is 0 Å². The standard InChI is InChI=1S/C8H8FO/c1-2-10-8-5-3-4-7(9)6-8/h3-5H,2H2,1H3. The van der Waals surface area contributed by atoms with Gasteiger partial charge < -0.3 is 4.74 Å². The van der Waals surface area contributed by atoms with Crippen molar-refractivity contribution < 1.29 is 9.13 Å². The summed E-state index contributed by atoms with van der Waals surface area (Å²) in [5, 5.41) is 0. The molecule has 0 saturated carbocycles. The van der Waals surface area contributed by atoms with E-state index in [2.05, 4.69) is 6.07 Å². The molecule has 0 unspecified atom stereocenters. The summed E-state index contributed by atoms with van der Waals surface area (Å²) < 4.78 is 17.3. The molecule has 0 N–H and O–H groups in total. The van der Waals surface area contributed by atoms with Crippen molar-refractivity contribution in [1.82, 2.24) is 0 Å². The van der Waals surface area contributed by atoms with Gasteiger partial charge in [-0.15, -0.1) is 0 Å². The SMILES string of the molecule is CCOc1[c]c(F)ccc1. The smallest absolute Gasteiger partial charge is 0.135 e. The van der Waals surface area contributed by atoms with Crippen LogP contribution in [0.2, 0.25) is 0 Å². The molecule has 0 heterocycles. The second-order valence-electron chi connectivity index (χ2n) is 1.80. The summed E-state index contributed by atoms with van der Waals surface area (Å²) in [6, 6.07) is 7.02. The molecule has 0 atom stereocenters. The lowest BCUT2D eigenvalue weighted by molar-refractivity contribution is 0.337. The molecule has 0 aliphatic carbocycles. The molecule has 1 aromatic rings. The molecule has 0 aliphatic rings. The van der Waals surface area contributed by atoms with E-state index in [-0.39, 0.29) is 5.82 Å². The molecule has 0 aromatic heterocycles. The first-order valence-electron chi connectivity index (χ1n) is 3.13. The van der Waals surface area contributed by atoms with E-state index in [0.717, 1.165) is 0 Å². The Labute approximate surface area is 59.4 Å². The zero-order valence-electron chi connectivity index (χ0n) is 5.73. The molecule has 0 spiro atoms. The van der Waals surface area contributed by atoms with Crippen molar-refractivity contribution in [2.75, 3.05) is 6.61 Å². The average molecular weight is 139 g/mol. The molecule has 0 aliphatic heterocycles. The van der Waals surface area contributed by atoms with Gasteiger partial charge in [-0.05, 0) is 19.1 Å². The minimum atomic E-state index is -0.383. The summed E-state index contributed by atoms with van der Waals surface area (Å²) >= 11 is 0. The number of benzene rings is 1. The van der Waals surface area contributed by atoms with Crippen LogP contribution in [0.3, 0.4) is 0 Å². The third-order valence-electron chi connectivity index (χ3n) is 1.03. The van der Waals surface area contributed by atoms with Gasteiger partial charge in [-0.1, -0.05) is 6.07 Å². The van der Waals surface area contributed by atoms with Crippen molar-refractivity contribution in [1.29, 1.82) is 0 Å². The van der Waals surface area contributed by atoms with Crippen LogP contribution in [0.25, 0.3) is 0 Å². The van der Waals surface area contributed by atoms with Crippen LogP contribution in [-0.2, 0) is 0 Å². The van der Waals surface area contributed by atoms with Crippen LogP contribution in [0, 0.1) is 11.9 Å². The second-order valence-corrected chi connectivity index (χ2v) is 1.80. The van der Waals surface area contributed by atoms with E-state index < -0.39 is 0 Å². The molecule has 1 rings (SSSR count). The highest BCUT2D eigenvalue weighted by atomic mass is 19.1. The topological polar surface area (TPSA) is 9.23 Å². The maximum absolute atomic E-state index is 12.4. The van der Waals surface area contributed by atoms with Gasteiger partial charge in [-0.3, -0.25) is 0 Å². The Hall–Kier alpha value is -1.05. The fourth-order valence-electron chi connectivity index (χ4n) is 0.661.